The van der Waals surface area contributed by atoms with E-state index in [2.05, 4.69) is 25.2 Å². The number of likely N-dealkylation sites (N-methyl/N-ethyl adjacent to an activating group) is 1. The van der Waals surface area contributed by atoms with Crippen LogP contribution in [0, 0.1) is 0 Å². The van der Waals surface area contributed by atoms with Gasteiger partial charge in [0.25, 0.3) is 5.91 Å². The second kappa shape index (κ2) is 7.38. The fourth-order valence-electron chi connectivity index (χ4n) is 3.88. The molecule has 2 aromatic rings. The van der Waals surface area contributed by atoms with Gasteiger partial charge in [0, 0.05) is 24.2 Å². The van der Waals surface area contributed by atoms with Crippen LogP contribution in [0.5, 0.6) is 11.5 Å². The number of hydrogen-bond acceptors (Lipinski definition) is 3. The van der Waals surface area contributed by atoms with Crippen LogP contribution in [0.4, 0.5) is 0 Å². The summed E-state index contributed by atoms with van der Waals surface area (Å²) in [5, 5.41) is 0. The number of fused-ring (bicyclic) bond motifs is 1. The molecule has 0 aromatic heterocycles. The Kier molecular flexibility index (Phi) is 4.80. The Morgan fingerprint density at radius 1 is 1.08 bits per heavy atom. The van der Waals surface area contributed by atoms with Gasteiger partial charge in [0.05, 0.1) is 7.05 Å². The van der Waals surface area contributed by atoms with Crippen LogP contribution in [0.1, 0.15) is 30.0 Å². The van der Waals surface area contributed by atoms with Crippen molar-refractivity contribution in [1.82, 2.24) is 4.90 Å². The number of quaternary nitrogens is 1. The van der Waals surface area contributed by atoms with Crippen LogP contribution in [0.2, 0.25) is 0 Å². The van der Waals surface area contributed by atoms with Gasteiger partial charge in [-0.2, -0.15) is 0 Å². The normalized spacial score (nSPS) is 18.0. The number of carbonyl (C=O) groups excluding carboxylic acids is 1. The van der Waals surface area contributed by atoms with E-state index in [9.17, 15) is 4.79 Å². The monoisotopic (exact) mass is 353 g/mol. The molecule has 4 rings (SSSR count). The van der Waals surface area contributed by atoms with Crippen molar-refractivity contribution in [3.05, 3.63) is 59.7 Å². The second-order valence-electron chi connectivity index (χ2n) is 7.09. The summed E-state index contributed by atoms with van der Waals surface area (Å²) in [7, 11) is 2.09. The van der Waals surface area contributed by atoms with Crippen molar-refractivity contribution in [2.45, 2.75) is 25.4 Å². The topological polar surface area (TPSA) is 43.2 Å². The lowest BCUT2D eigenvalue weighted by Crippen LogP contribution is -3.09. The van der Waals surface area contributed by atoms with Gasteiger partial charge in [0.1, 0.15) is 6.54 Å². The first kappa shape index (κ1) is 16.9. The molecule has 1 amide bonds. The first-order chi connectivity index (χ1) is 12.7. The van der Waals surface area contributed by atoms with E-state index in [0.29, 0.717) is 0 Å². The molecule has 26 heavy (non-hydrogen) atoms. The molecule has 1 fully saturated rings. The zero-order valence-corrected chi connectivity index (χ0v) is 15.1. The van der Waals surface area contributed by atoms with E-state index in [1.807, 2.05) is 35.2 Å². The number of ether oxygens (including phenoxy) is 2. The molecule has 0 saturated carbocycles. The highest BCUT2D eigenvalue weighted by Gasteiger charge is 2.34. The summed E-state index contributed by atoms with van der Waals surface area (Å²) in [6.45, 7) is 2.77. The zero-order chi connectivity index (χ0) is 17.9. The van der Waals surface area contributed by atoms with E-state index in [1.54, 1.807) is 0 Å². The standard InChI is InChI=1S/C21H24N2O3/c1-22(14-16-9-10-18-19(13-16)26-15-25-18)20(17-7-3-2-4-8-17)21(24)23-11-5-6-12-23/h2-4,7-10,13,20H,5-6,11-12,14-15H2,1H3/p+1/t20-/m1/s1. The molecule has 136 valence electrons. The third kappa shape index (κ3) is 3.40. The molecule has 1 N–H and O–H groups in total. The van der Waals surface area contributed by atoms with E-state index in [1.165, 1.54) is 0 Å². The van der Waals surface area contributed by atoms with E-state index < -0.39 is 0 Å². The van der Waals surface area contributed by atoms with Crippen LogP contribution in [-0.2, 0) is 11.3 Å². The van der Waals surface area contributed by atoms with Crippen molar-refractivity contribution < 1.29 is 19.2 Å². The number of nitrogens with zero attached hydrogens (tertiary/aromatic N) is 1. The van der Waals surface area contributed by atoms with Gasteiger partial charge in [0.15, 0.2) is 17.5 Å². The quantitative estimate of drug-likeness (QED) is 0.891. The highest BCUT2D eigenvalue weighted by Crippen LogP contribution is 2.32. The maximum absolute atomic E-state index is 13.2. The van der Waals surface area contributed by atoms with E-state index >= 15 is 0 Å². The van der Waals surface area contributed by atoms with Crippen LogP contribution in [0.25, 0.3) is 0 Å². The minimum atomic E-state index is -0.195. The number of likely N-dealkylation sites (tertiary alicyclic amines) is 1. The van der Waals surface area contributed by atoms with Crippen molar-refractivity contribution in [2.24, 2.45) is 0 Å². The minimum absolute atomic E-state index is 0.195. The fraction of sp³-hybridized carbons (Fsp3) is 0.381. The lowest BCUT2D eigenvalue weighted by atomic mass is 10.0. The molecule has 1 saturated heterocycles. The zero-order valence-electron chi connectivity index (χ0n) is 15.1. The van der Waals surface area contributed by atoms with Gasteiger partial charge < -0.3 is 19.3 Å². The van der Waals surface area contributed by atoms with Gasteiger partial charge in [-0.05, 0) is 31.0 Å². The second-order valence-corrected chi connectivity index (χ2v) is 7.09. The average Bonchev–Trinajstić information content (AvgIpc) is 3.34. The van der Waals surface area contributed by atoms with Crippen molar-refractivity contribution in [3.8, 4) is 11.5 Å². The maximum Gasteiger partial charge on any atom is 0.285 e. The number of benzene rings is 2. The Morgan fingerprint density at radius 2 is 1.81 bits per heavy atom. The lowest BCUT2D eigenvalue weighted by molar-refractivity contribution is -0.916. The van der Waals surface area contributed by atoms with Crippen LogP contribution in [-0.4, -0.2) is 37.7 Å². The number of amides is 1. The fourth-order valence-corrected chi connectivity index (χ4v) is 3.88. The molecule has 2 atom stereocenters. The summed E-state index contributed by atoms with van der Waals surface area (Å²) in [6.07, 6.45) is 2.21. The van der Waals surface area contributed by atoms with Gasteiger partial charge in [-0.25, -0.2) is 0 Å². The van der Waals surface area contributed by atoms with Gasteiger partial charge in [-0.1, -0.05) is 30.3 Å². The van der Waals surface area contributed by atoms with Crippen molar-refractivity contribution in [1.29, 1.82) is 0 Å². The SMILES string of the molecule is C[NH+](Cc1ccc2c(c1)OCO2)[C@@H](C(=O)N1CCCC1)c1ccccc1. The smallest absolute Gasteiger partial charge is 0.285 e. The number of nitrogens with one attached hydrogen (secondary N) is 1. The third-order valence-electron chi connectivity index (χ3n) is 5.21. The first-order valence-electron chi connectivity index (χ1n) is 9.27. The molecule has 1 unspecified atom stereocenters. The van der Waals surface area contributed by atoms with E-state index in [-0.39, 0.29) is 18.7 Å². The summed E-state index contributed by atoms with van der Waals surface area (Å²) in [5.41, 5.74) is 2.21. The van der Waals surface area contributed by atoms with Gasteiger partial charge in [-0.15, -0.1) is 0 Å². The van der Waals surface area contributed by atoms with Crippen LogP contribution < -0.4 is 14.4 Å². The summed E-state index contributed by atoms with van der Waals surface area (Å²) in [6, 6.07) is 16.0. The van der Waals surface area contributed by atoms with Crippen molar-refractivity contribution in [3.63, 3.8) is 0 Å². The maximum atomic E-state index is 13.2. The molecule has 0 spiro atoms. The molecule has 5 nitrogen and oxygen atoms in total. The van der Waals surface area contributed by atoms with E-state index in [0.717, 1.165) is 60.0 Å². The molecule has 2 heterocycles. The Morgan fingerprint density at radius 3 is 2.58 bits per heavy atom. The van der Waals surface area contributed by atoms with Crippen LogP contribution >= 0.6 is 0 Å². The highest BCUT2D eigenvalue weighted by molar-refractivity contribution is 5.82. The molecule has 0 aliphatic carbocycles. The van der Waals surface area contributed by atoms with Crippen molar-refractivity contribution >= 4 is 5.91 Å². The molecular formula is C21H25N2O3+. The summed E-state index contributed by atoms with van der Waals surface area (Å²) < 4.78 is 10.9. The minimum Gasteiger partial charge on any atom is -0.454 e. The predicted octanol–water partition coefficient (Wildman–Crippen LogP) is 1.79. The molecule has 5 heteroatoms. The number of carbonyl (C=O) groups is 1. The third-order valence-corrected chi connectivity index (χ3v) is 5.21. The summed E-state index contributed by atoms with van der Waals surface area (Å²) >= 11 is 0. The molecule has 2 aliphatic heterocycles. The van der Waals surface area contributed by atoms with Crippen LogP contribution in [0.3, 0.4) is 0 Å². The Labute approximate surface area is 154 Å². The molecular weight excluding hydrogens is 328 g/mol. The Balaban J connectivity index is 1.57. The lowest BCUT2D eigenvalue weighted by Gasteiger charge is -2.28. The summed E-state index contributed by atoms with van der Waals surface area (Å²) in [5.74, 6) is 1.81. The number of rotatable bonds is 5. The van der Waals surface area contributed by atoms with Gasteiger partial charge >= 0.3 is 0 Å². The average molecular weight is 353 g/mol. The highest BCUT2D eigenvalue weighted by atomic mass is 16.7. The molecule has 2 aliphatic rings. The largest absolute Gasteiger partial charge is 0.454 e. The Hall–Kier alpha value is -2.53. The molecule has 0 radical (unpaired) electrons. The van der Waals surface area contributed by atoms with Gasteiger partial charge in [-0.3, -0.25) is 4.79 Å². The van der Waals surface area contributed by atoms with Gasteiger partial charge in [0.2, 0.25) is 6.79 Å². The van der Waals surface area contributed by atoms with E-state index in [4.69, 9.17) is 9.47 Å². The van der Waals surface area contributed by atoms with Crippen molar-refractivity contribution in [2.75, 3.05) is 26.9 Å². The molecule has 0 bridgehead atoms. The summed E-state index contributed by atoms with van der Waals surface area (Å²) in [4.78, 5) is 16.4. The first-order valence-corrected chi connectivity index (χ1v) is 9.27. The Bertz CT molecular complexity index is 772. The number of hydrogen-bond donors (Lipinski definition) is 1. The van der Waals surface area contributed by atoms with Crippen LogP contribution in [0.15, 0.2) is 48.5 Å². The predicted molar refractivity (Wildman–Crippen MR) is 98.2 cm³/mol. The molecule has 2 aromatic carbocycles.